The first kappa shape index (κ1) is 15.6. The average Bonchev–Trinajstić information content (AvgIpc) is 2.98. The lowest BCUT2D eigenvalue weighted by atomic mass is 10.2. The number of carbonyl (C=O) groups is 1. The summed E-state index contributed by atoms with van der Waals surface area (Å²) in [5, 5.41) is 0.657. The molecule has 0 atom stereocenters. The number of esters is 1. The fourth-order valence-electron chi connectivity index (χ4n) is 2.13. The van der Waals surface area contributed by atoms with Crippen molar-refractivity contribution in [1.82, 2.24) is 9.97 Å². The molecule has 0 unspecified atom stereocenters. The van der Waals surface area contributed by atoms with Gasteiger partial charge in [-0.25, -0.2) is 9.78 Å². The molecule has 6 heteroatoms. The number of imidazole rings is 1. The van der Waals surface area contributed by atoms with Gasteiger partial charge in [-0.2, -0.15) is 0 Å². The lowest BCUT2D eigenvalue weighted by Gasteiger charge is -2.02. The summed E-state index contributed by atoms with van der Waals surface area (Å²) in [6.07, 6.45) is 5.09. The summed E-state index contributed by atoms with van der Waals surface area (Å²) in [6, 6.07) is 10.7. The van der Waals surface area contributed by atoms with E-state index in [0.29, 0.717) is 20.9 Å². The van der Waals surface area contributed by atoms with Crippen LogP contribution in [0.4, 0.5) is 0 Å². The lowest BCUT2D eigenvalue weighted by molar-refractivity contribution is 0.0557. The monoisotopic (exact) mass is 388 g/mol. The lowest BCUT2D eigenvalue weighted by Crippen LogP contribution is -2.05. The maximum Gasteiger partial charge on any atom is 0.339 e. The molecule has 4 nitrogen and oxygen atoms in total. The topological polar surface area (TPSA) is 55.0 Å². The van der Waals surface area contributed by atoms with Crippen LogP contribution in [-0.4, -0.2) is 22.5 Å². The van der Waals surface area contributed by atoms with E-state index in [-0.39, 0.29) is 6.61 Å². The maximum atomic E-state index is 11.9. The Morgan fingerprint density at radius 1 is 1.35 bits per heavy atom. The SMILES string of the molecule is C#CCOC(=O)c1cc(Br)c2nc(-c3ccc(Cl)cc3)[nH]c2c1. The number of aromatic nitrogens is 2. The third-order valence-corrected chi connectivity index (χ3v) is 4.04. The fourth-order valence-corrected chi connectivity index (χ4v) is 2.80. The molecule has 3 aromatic rings. The van der Waals surface area contributed by atoms with Crippen LogP contribution in [0.1, 0.15) is 10.4 Å². The first-order chi connectivity index (χ1) is 11.1. The van der Waals surface area contributed by atoms with Gasteiger partial charge in [-0.3, -0.25) is 0 Å². The molecule has 23 heavy (non-hydrogen) atoms. The molecule has 114 valence electrons. The van der Waals surface area contributed by atoms with Gasteiger partial charge in [0.25, 0.3) is 0 Å². The number of carbonyl (C=O) groups excluding carboxylic acids is 1. The van der Waals surface area contributed by atoms with Gasteiger partial charge >= 0.3 is 5.97 Å². The molecule has 0 radical (unpaired) electrons. The standard InChI is InChI=1S/C17H10BrClN2O2/c1-2-7-23-17(22)11-8-13(18)15-14(9-11)20-16(21-15)10-3-5-12(19)6-4-10/h1,3-6,8-9H,7H2,(H,20,21). The molecule has 0 saturated heterocycles. The van der Waals surface area contributed by atoms with Gasteiger partial charge in [0.15, 0.2) is 6.61 Å². The Bertz CT molecular complexity index is 926. The predicted molar refractivity (Wildman–Crippen MR) is 93.4 cm³/mol. The van der Waals surface area contributed by atoms with Crippen LogP contribution in [0.5, 0.6) is 0 Å². The number of hydrogen-bond acceptors (Lipinski definition) is 3. The van der Waals surface area contributed by atoms with E-state index in [1.165, 1.54) is 0 Å². The molecule has 3 rings (SSSR count). The molecule has 0 bridgehead atoms. The first-order valence-corrected chi connectivity index (χ1v) is 7.81. The zero-order chi connectivity index (χ0) is 16.4. The molecule has 1 N–H and O–H groups in total. The Labute approximate surface area is 146 Å². The van der Waals surface area contributed by atoms with Crippen molar-refractivity contribution < 1.29 is 9.53 Å². The molecule has 0 aliphatic carbocycles. The number of hydrogen-bond donors (Lipinski definition) is 1. The van der Waals surface area contributed by atoms with Crippen molar-refractivity contribution in [3.63, 3.8) is 0 Å². The minimum atomic E-state index is -0.479. The van der Waals surface area contributed by atoms with E-state index in [4.69, 9.17) is 22.8 Å². The van der Waals surface area contributed by atoms with E-state index < -0.39 is 5.97 Å². The summed E-state index contributed by atoms with van der Waals surface area (Å²) in [5.74, 6) is 2.47. The van der Waals surface area contributed by atoms with Crippen LogP contribution in [0.3, 0.4) is 0 Å². The highest BCUT2D eigenvalue weighted by atomic mass is 79.9. The molecule has 0 fully saturated rings. The number of nitrogens with one attached hydrogen (secondary N) is 1. The second kappa shape index (κ2) is 6.45. The summed E-state index contributed by atoms with van der Waals surface area (Å²) in [5.41, 5.74) is 2.74. The van der Waals surface area contributed by atoms with Gasteiger partial charge in [0.2, 0.25) is 0 Å². The highest BCUT2D eigenvalue weighted by Gasteiger charge is 2.14. The van der Waals surface area contributed by atoms with E-state index in [1.54, 1.807) is 24.3 Å². The molecule has 0 saturated carbocycles. The van der Waals surface area contributed by atoms with Crippen molar-refractivity contribution in [2.75, 3.05) is 6.61 Å². The molecule has 2 aromatic carbocycles. The Kier molecular flexibility index (Phi) is 4.37. The number of fused-ring (bicyclic) bond motifs is 1. The van der Waals surface area contributed by atoms with Crippen LogP contribution in [-0.2, 0) is 4.74 Å². The van der Waals surface area contributed by atoms with Crippen LogP contribution in [0.2, 0.25) is 5.02 Å². The summed E-state index contributed by atoms with van der Waals surface area (Å²) in [6.45, 7) is -0.0620. The zero-order valence-electron chi connectivity index (χ0n) is 11.8. The van der Waals surface area contributed by atoms with Crippen molar-refractivity contribution in [2.24, 2.45) is 0 Å². The normalized spacial score (nSPS) is 10.5. The van der Waals surface area contributed by atoms with Crippen molar-refractivity contribution in [3.05, 3.63) is 51.5 Å². The third kappa shape index (κ3) is 3.24. The van der Waals surface area contributed by atoms with Gasteiger partial charge in [0.05, 0.1) is 11.1 Å². The fraction of sp³-hybridized carbons (Fsp3) is 0.0588. The zero-order valence-corrected chi connectivity index (χ0v) is 14.1. The molecule has 0 spiro atoms. The maximum absolute atomic E-state index is 11.9. The number of halogens is 2. The van der Waals surface area contributed by atoms with E-state index in [1.807, 2.05) is 12.1 Å². The number of benzene rings is 2. The quantitative estimate of drug-likeness (QED) is 0.532. The first-order valence-electron chi connectivity index (χ1n) is 6.64. The summed E-state index contributed by atoms with van der Waals surface area (Å²) < 4.78 is 5.63. The van der Waals surface area contributed by atoms with Gasteiger partial charge in [-0.05, 0) is 52.3 Å². The third-order valence-electron chi connectivity index (χ3n) is 3.18. The molecule has 0 aliphatic rings. The second-order valence-electron chi connectivity index (χ2n) is 4.73. The second-order valence-corrected chi connectivity index (χ2v) is 6.02. The number of H-pyrrole nitrogens is 1. The number of aromatic amines is 1. The van der Waals surface area contributed by atoms with Crippen LogP contribution < -0.4 is 0 Å². The van der Waals surface area contributed by atoms with Gasteiger partial charge < -0.3 is 9.72 Å². The van der Waals surface area contributed by atoms with Crippen LogP contribution in [0.25, 0.3) is 22.4 Å². The Balaban J connectivity index is 2.02. The largest absolute Gasteiger partial charge is 0.449 e. The minimum absolute atomic E-state index is 0.0620. The average molecular weight is 390 g/mol. The number of ether oxygens (including phenoxy) is 1. The molecule has 0 amide bonds. The van der Waals surface area contributed by atoms with Crippen molar-refractivity contribution in [1.29, 1.82) is 0 Å². The van der Waals surface area contributed by atoms with E-state index in [0.717, 1.165) is 16.6 Å². The summed E-state index contributed by atoms with van der Waals surface area (Å²) >= 11 is 9.33. The molecule has 1 aromatic heterocycles. The smallest absolute Gasteiger partial charge is 0.339 e. The molecular weight excluding hydrogens is 380 g/mol. The Hall–Kier alpha value is -2.29. The van der Waals surface area contributed by atoms with Gasteiger partial charge in [0.1, 0.15) is 11.3 Å². The molecule has 1 heterocycles. The molecule has 0 aliphatic heterocycles. The van der Waals surface area contributed by atoms with Crippen molar-refractivity contribution in [2.45, 2.75) is 0 Å². The van der Waals surface area contributed by atoms with Gasteiger partial charge in [-0.15, -0.1) is 6.42 Å². The Morgan fingerprint density at radius 2 is 2.09 bits per heavy atom. The van der Waals surface area contributed by atoms with Gasteiger partial charge in [0, 0.05) is 15.1 Å². The van der Waals surface area contributed by atoms with E-state index in [2.05, 4.69) is 31.8 Å². The van der Waals surface area contributed by atoms with Crippen LogP contribution >= 0.6 is 27.5 Å². The highest BCUT2D eigenvalue weighted by molar-refractivity contribution is 9.10. The van der Waals surface area contributed by atoms with Crippen LogP contribution in [0.15, 0.2) is 40.9 Å². The van der Waals surface area contributed by atoms with Crippen LogP contribution in [0, 0.1) is 12.3 Å². The summed E-state index contributed by atoms with van der Waals surface area (Å²) in [7, 11) is 0. The predicted octanol–water partition coefficient (Wildman–Crippen LogP) is 4.44. The Morgan fingerprint density at radius 3 is 2.78 bits per heavy atom. The van der Waals surface area contributed by atoms with Crippen molar-refractivity contribution in [3.8, 4) is 23.7 Å². The highest BCUT2D eigenvalue weighted by Crippen LogP contribution is 2.28. The number of nitrogens with zero attached hydrogens (tertiary/aromatic N) is 1. The van der Waals surface area contributed by atoms with E-state index >= 15 is 0 Å². The number of terminal acetylenes is 1. The minimum Gasteiger partial charge on any atom is -0.449 e. The number of rotatable bonds is 3. The summed E-state index contributed by atoms with van der Waals surface area (Å²) in [4.78, 5) is 19.7. The van der Waals surface area contributed by atoms with E-state index in [9.17, 15) is 4.79 Å². The molecular formula is C17H10BrClN2O2. The van der Waals surface area contributed by atoms with Gasteiger partial charge in [-0.1, -0.05) is 17.5 Å². The van der Waals surface area contributed by atoms with Crippen molar-refractivity contribution >= 4 is 44.5 Å².